The molecule has 2 N–H and O–H groups in total. The SMILES string of the molecule is CCOC(=O)/C=C/c1ccc(NC(=O)N[C@@H](C)c2ccc(-n3ccnc3)cc2)cc1. The number of carbonyl (C=O) groups is 2. The van der Waals surface area contributed by atoms with Crippen LogP contribution in [0.5, 0.6) is 0 Å². The Hall–Kier alpha value is -3.87. The Bertz CT molecular complexity index is 994. The van der Waals surface area contributed by atoms with Crippen molar-refractivity contribution in [2.24, 2.45) is 0 Å². The van der Waals surface area contributed by atoms with Crippen LogP contribution in [-0.4, -0.2) is 28.2 Å². The molecule has 1 heterocycles. The van der Waals surface area contributed by atoms with E-state index in [-0.39, 0.29) is 18.0 Å². The number of rotatable bonds is 7. The molecule has 0 aliphatic carbocycles. The van der Waals surface area contributed by atoms with Gasteiger partial charge in [-0.1, -0.05) is 24.3 Å². The van der Waals surface area contributed by atoms with Gasteiger partial charge in [0.2, 0.25) is 0 Å². The zero-order valence-corrected chi connectivity index (χ0v) is 16.9. The Morgan fingerprint density at radius 2 is 1.87 bits per heavy atom. The lowest BCUT2D eigenvalue weighted by Gasteiger charge is -2.16. The maximum Gasteiger partial charge on any atom is 0.330 e. The van der Waals surface area contributed by atoms with Crippen LogP contribution >= 0.6 is 0 Å². The van der Waals surface area contributed by atoms with E-state index in [2.05, 4.69) is 15.6 Å². The molecule has 0 spiro atoms. The molecule has 3 aromatic rings. The van der Waals surface area contributed by atoms with Crippen LogP contribution in [0.1, 0.15) is 31.0 Å². The van der Waals surface area contributed by atoms with Crippen molar-refractivity contribution in [1.82, 2.24) is 14.9 Å². The van der Waals surface area contributed by atoms with Crippen LogP contribution in [0, 0.1) is 0 Å². The first-order valence-corrected chi connectivity index (χ1v) is 9.66. The van der Waals surface area contributed by atoms with E-state index in [1.807, 2.05) is 54.1 Å². The van der Waals surface area contributed by atoms with Gasteiger partial charge in [-0.05, 0) is 55.3 Å². The van der Waals surface area contributed by atoms with Gasteiger partial charge in [-0.3, -0.25) is 0 Å². The van der Waals surface area contributed by atoms with Crippen molar-refractivity contribution >= 4 is 23.8 Å². The van der Waals surface area contributed by atoms with Gasteiger partial charge in [0, 0.05) is 29.8 Å². The molecule has 0 fully saturated rings. The van der Waals surface area contributed by atoms with E-state index in [1.165, 1.54) is 6.08 Å². The molecule has 0 saturated heterocycles. The molecule has 2 amide bonds. The number of carbonyl (C=O) groups excluding carboxylic acids is 2. The van der Waals surface area contributed by atoms with E-state index in [9.17, 15) is 9.59 Å². The van der Waals surface area contributed by atoms with Crippen molar-refractivity contribution in [3.63, 3.8) is 0 Å². The highest BCUT2D eigenvalue weighted by atomic mass is 16.5. The average molecular weight is 404 g/mol. The predicted octanol–water partition coefficient (Wildman–Crippen LogP) is 4.33. The number of hydrogen-bond acceptors (Lipinski definition) is 4. The molecule has 0 unspecified atom stereocenters. The number of aromatic nitrogens is 2. The second-order valence-corrected chi connectivity index (χ2v) is 6.59. The number of nitrogens with one attached hydrogen (secondary N) is 2. The first kappa shape index (κ1) is 20.9. The largest absolute Gasteiger partial charge is 0.463 e. The number of imidazole rings is 1. The van der Waals surface area contributed by atoms with E-state index in [0.29, 0.717) is 12.3 Å². The summed E-state index contributed by atoms with van der Waals surface area (Å²) in [4.78, 5) is 27.7. The van der Waals surface area contributed by atoms with Crippen molar-refractivity contribution in [2.75, 3.05) is 11.9 Å². The molecule has 0 saturated carbocycles. The fourth-order valence-electron chi connectivity index (χ4n) is 2.83. The first-order chi connectivity index (χ1) is 14.5. The van der Waals surface area contributed by atoms with Crippen LogP contribution in [-0.2, 0) is 9.53 Å². The van der Waals surface area contributed by atoms with Gasteiger partial charge < -0.3 is 19.9 Å². The summed E-state index contributed by atoms with van der Waals surface area (Å²) >= 11 is 0. The summed E-state index contributed by atoms with van der Waals surface area (Å²) in [5.74, 6) is -0.383. The molecular weight excluding hydrogens is 380 g/mol. The van der Waals surface area contributed by atoms with Crippen LogP contribution in [0.15, 0.2) is 73.3 Å². The maximum absolute atomic E-state index is 12.3. The number of ether oxygens (including phenoxy) is 1. The van der Waals surface area contributed by atoms with Gasteiger partial charge in [0.25, 0.3) is 0 Å². The molecule has 30 heavy (non-hydrogen) atoms. The molecule has 0 radical (unpaired) electrons. The van der Waals surface area contributed by atoms with Gasteiger partial charge in [0.05, 0.1) is 19.0 Å². The molecule has 2 aromatic carbocycles. The van der Waals surface area contributed by atoms with Crippen molar-refractivity contribution < 1.29 is 14.3 Å². The number of esters is 1. The Morgan fingerprint density at radius 1 is 1.13 bits per heavy atom. The first-order valence-electron chi connectivity index (χ1n) is 9.66. The lowest BCUT2D eigenvalue weighted by Crippen LogP contribution is -2.31. The third kappa shape index (κ3) is 5.81. The van der Waals surface area contributed by atoms with E-state index >= 15 is 0 Å². The molecule has 1 aromatic heterocycles. The van der Waals surface area contributed by atoms with Gasteiger partial charge >= 0.3 is 12.0 Å². The number of amides is 2. The summed E-state index contributed by atoms with van der Waals surface area (Å²) in [7, 11) is 0. The van der Waals surface area contributed by atoms with E-state index in [1.54, 1.807) is 37.7 Å². The highest BCUT2D eigenvalue weighted by molar-refractivity contribution is 5.90. The fraction of sp³-hybridized carbons (Fsp3) is 0.174. The summed E-state index contributed by atoms with van der Waals surface area (Å²) in [6.07, 6.45) is 8.38. The van der Waals surface area contributed by atoms with Gasteiger partial charge in [-0.2, -0.15) is 0 Å². The lowest BCUT2D eigenvalue weighted by molar-refractivity contribution is -0.137. The molecule has 0 aliphatic rings. The smallest absolute Gasteiger partial charge is 0.330 e. The number of benzene rings is 2. The molecule has 3 rings (SSSR count). The second-order valence-electron chi connectivity index (χ2n) is 6.59. The van der Waals surface area contributed by atoms with Crippen LogP contribution in [0.4, 0.5) is 10.5 Å². The summed E-state index contributed by atoms with van der Waals surface area (Å²) in [5, 5.41) is 5.73. The summed E-state index contributed by atoms with van der Waals surface area (Å²) in [6, 6.07) is 14.6. The zero-order valence-electron chi connectivity index (χ0n) is 16.9. The summed E-state index contributed by atoms with van der Waals surface area (Å²) in [5.41, 5.74) is 3.49. The third-order valence-electron chi connectivity index (χ3n) is 4.41. The number of anilines is 1. The Balaban J connectivity index is 1.53. The van der Waals surface area contributed by atoms with E-state index < -0.39 is 0 Å². The Morgan fingerprint density at radius 3 is 2.50 bits per heavy atom. The normalized spacial score (nSPS) is 11.8. The Labute approximate surface area is 175 Å². The fourth-order valence-corrected chi connectivity index (χ4v) is 2.83. The molecule has 7 heteroatoms. The van der Waals surface area contributed by atoms with Gasteiger partial charge in [-0.25, -0.2) is 14.6 Å². The standard InChI is InChI=1S/C23H24N4O3/c1-3-30-22(28)13-6-18-4-9-20(10-5-18)26-23(29)25-17(2)19-7-11-21(12-8-19)27-15-14-24-16-27/h4-17H,3H2,1-2H3,(H2,25,26,29)/b13-6+/t17-/m0/s1. The number of nitrogens with zero attached hydrogens (tertiary/aromatic N) is 2. The van der Waals surface area contributed by atoms with Crippen molar-refractivity contribution in [1.29, 1.82) is 0 Å². The van der Waals surface area contributed by atoms with Gasteiger partial charge in [0.15, 0.2) is 0 Å². The monoisotopic (exact) mass is 404 g/mol. The van der Waals surface area contributed by atoms with E-state index in [0.717, 1.165) is 16.8 Å². The molecule has 7 nitrogen and oxygen atoms in total. The van der Waals surface area contributed by atoms with Gasteiger partial charge in [-0.15, -0.1) is 0 Å². The quantitative estimate of drug-likeness (QED) is 0.453. The third-order valence-corrected chi connectivity index (χ3v) is 4.41. The van der Waals surface area contributed by atoms with Crippen molar-refractivity contribution in [3.8, 4) is 5.69 Å². The minimum absolute atomic E-state index is 0.159. The summed E-state index contributed by atoms with van der Waals surface area (Å²) < 4.78 is 6.76. The van der Waals surface area contributed by atoms with E-state index in [4.69, 9.17) is 4.74 Å². The number of hydrogen-bond donors (Lipinski definition) is 2. The average Bonchev–Trinajstić information content (AvgIpc) is 3.28. The van der Waals surface area contributed by atoms with Crippen LogP contribution in [0.3, 0.4) is 0 Å². The van der Waals surface area contributed by atoms with Crippen LogP contribution < -0.4 is 10.6 Å². The van der Waals surface area contributed by atoms with Gasteiger partial charge in [0.1, 0.15) is 0 Å². The minimum Gasteiger partial charge on any atom is -0.463 e. The van der Waals surface area contributed by atoms with Crippen molar-refractivity contribution in [2.45, 2.75) is 19.9 Å². The molecule has 1 atom stereocenters. The second kappa shape index (κ2) is 10.1. The molecule has 0 aliphatic heterocycles. The molecule has 154 valence electrons. The topological polar surface area (TPSA) is 85.2 Å². The molecule has 0 bridgehead atoms. The lowest BCUT2D eigenvalue weighted by atomic mass is 10.1. The van der Waals surface area contributed by atoms with Crippen LogP contribution in [0.25, 0.3) is 11.8 Å². The molecular formula is C23H24N4O3. The van der Waals surface area contributed by atoms with Crippen molar-refractivity contribution in [3.05, 3.63) is 84.5 Å². The number of urea groups is 1. The maximum atomic E-state index is 12.3. The summed E-state index contributed by atoms with van der Waals surface area (Å²) in [6.45, 7) is 4.03. The van der Waals surface area contributed by atoms with Crippen LogP contribution in [0.2, 0.25) is 0 Å². The highest BCUT2D eigenvalue weighted by Gasteiger charge is 2.10. The zero-order chi connectivity index (χ0) is 21.3. The highest BCUT2D eigenvalue weighted by Crippen LogP contribution is 2.16. The Kier molecular flexibility index (Phi) is 7.00. The minimum atomic E-state index is -0.383. The predicted molar refractivity (Wildman–Crippen MR) is 116 cm³/mol.